The average Bonchev–Trinajstić information content (AvgIpc) is 2.71. The van der Waals surface area contributed by atoms with Crippen LogP contribution in [0.4, 0.5) is 5.69 Å². The number of hydrogen-bond acceptors (Lipinski definition) is 4. The van der Waals surface area contributed by atoms with Gasteiger partial charge in [-0.15, -0.1) is 0 Å². The van der Waals surface area contributed by atoms with E-state index < -0.39 is 16.0 Å². The van der Waals surface area contributed by atoms with Gasteiger partial charge in [-0.3, -0.25) is 4.31 Å². The summed E-state index contributed by atoms with van der Waals surface area (Å²) >= 11 is 6.05. The quantitative estimate of drug-likeness (QED) is 0.784. The Hall–Kier alpha value is -1.27. The van der Waals surface area contributed by atoms with E-state index in [1.165, 1.54) is 17.5 Å². The summed E-state index contributed by atoms with van der Waals surface area (Å²) in [5.74, 6) is -0.450. The second kappa shape index (κ2) is 5.02. The molecule has 1 aromatic carbocycles. The molecule has 0 radical (unpaired) electrons. The lowest BCUT2D eigenvalue weighted by atomic mass is 10.1. The van der Waals surface area contributed by atoms with E-state index in [9.17, 15) is 13.2 Å². The zero-order valence-corrected chi connectivity index (χ0v) is 12.2. The molecule has 0 amide bonds. The molecule has 1 fully saturated rings. The number of carbonyl (C=O) groups excluding carboxylic acids is 1. The van der Waals surface area contributed by atoms with Crippen LogP contribution in [0.3, 0.4) is 0 Å². The Morgan fingerprint density at radius 1 is 1.42 bits per heavy atom. The first kappa shape index (κ1) is 14.1. The molecule has 1 aliphatic rings. The highest BCUT2D eigenvalue weighted by Crippen LogP contribution is 2.31. The van der Waals surface area contributed by atoms with Crippen molar-refractivity contribution < 1.29 is 17.9 Å². The van der Waals surface area contributed by atoms with Crippen LogP contribution in [0.25, 0.3) is 0 Å². The zero-order valence-electron chi connectivity index (χ0n) is 10.6. The van der Waals surface area contributed by atoms with Crippen molar-refractivity contribution in [3.8, 4) is 0 Å². The summed E-state index contributed by atoms with van der Waals surface area (Å²) in [6.45, 7) is 2.14. The third-order valence-corrected chi connectivity index (χ3v) is 5.40. The number of methoxy groups -OCH3 is 1. The largest absolute Gasteiger partial charge is 0.465 e. The molecular weight excluding hydrogens is 290 g/mol. The Bertz CT molecular complexity index is 627. The summed E-state index contributed by atoms with van der Waals surface area (Å²) < 4.78 is 29.7. The fraction of sp³-hybridized carbons (Fsp3) is 0.417. The Balaban J connectivity index is 2.54. The van der Waals surface area contributed by atoms with Gasteiger partial charge in [0.2, 0.25) is 10.0 Å². The normalized spacial score (nSPS) is 17.5. The number of ether oxygens (including phenoxy) is 1. The minimum absolute atomic E-state index is 0.127. The number of nitrogens with zero attached hydrogens (tertiary/aromatic N) is 1. The molecule has 19 heavy (non-hydrogen) atoms. The predicted molar refractivity (Wildman–Crippen MR) is 73.3 cm³/mol. The molecule has 0 saturated carbocycles. The number of esters is 1. The molecule has 0 atom stereocenters. The lowest BCUT2D eigenvalue weighted by molar-refractivity contribution is 0.0601. The molecule has 1 aliphatic heterocycles. The maximum absolute atomic E-state index is 11.9. The molecule has 0 spiro atoms. The van der Waals surface area contributed by atoms with E-state index in [1.807, 2.05) is 0 Å². The van der Waals surface area contributed by atoms with E-state index in [0.717, 1.165) is 0 Å². The van der Waals surface area contributed by atoms with Gasteiger partial charge in [-0.05, 0) is 31.0 Å². The number of aryl methyl sites for hydroxylation is 1. The van der Waals surface area contributed by atoms with E-state index in [1.54, 1.807) is 13.0 Å². The van der Waals surface area contributed by atoms with Crippen molar-refractivity contribution >= 4 is 33.3 Å². The lowest BCUT2D eigenvalue weighted by Gasteiger charge is -2.19. The molecule has 1 aromatic rings. The van der Waals surface area contributed by atoms with Crippen LogP contribution in [0.2, 0.25) is 5.02 Å². The number of anilines is 1. The van der Waals surface area contributed by atoms with Crippen molar-refractivity contribution in [3.05, 3.63) is 28.3 Å². The highest BCUT2D eigenvalue weighted by atomic mass is 35.5. The van der Waals surface area contributed by atoms with Crippen molar-refractivity contribution in [2.24, 2.45) is 0 Å². The third kappa shape index (κ3) is 2.55. The molecular formula is C12H14ClNO4S. The topological polar surface area (TPSA) is 63.7 Å². The van der Waals surface area contributed by atoms with E-state index >= 15 is 0 Å². The minimum Gasteiger partial charge on any atom is -0.465 e. The summed E-state index contributed by atoms with van der Waals surface area (Å²) in [4.78, 5) is 11.6. The highest BCUT2D eigenvalue weighted by molar-refractivity contribution is 7.93. The van der Waals surface area contributed by atoms with Gasteiger partial charge in [-0.2, -0.15) is 0 Å². The first-order chi connectivity index (χ1) is 8.86. The molecule has 0 unspecified atom stereocenters. The van der Waals surface area contributed by atoms with Gasteiger partial charge < -0.3 is 4.74 Å². The number of carbonyl (C=O) groups is 1. The molecule has 0 bridgehead atoms. The smallest absolute Gasteiger partial charge is 0.339 e. The number of rotatable bonds is 2. The van der Waals surface area contributed by atoms with E-state index in [0.29, 0.717) is 24.2 Å². The molecule has 1 saturated heterocycles. The van der Waals surface area contributed by atoms with Gasteiger partial charge in [0.15, 0.2) is 0 Å². The number of hydrogen-bond donors (Lipinski definition) is 0. The van der Waals surface area contributed by atoms with Crippen LogP contribution < -0.4 is 4.31 Å². The van der Waals surface area contributed by atoms with Crippen molar-refractivity contribution in [2.75, 3.05) is 23.7 Å². The summed E-state index contributed by atoms with van der Waals surface area (Å²) in [7, 11) is -2.02. The zero-order chi connectivity index (χ0) is 14.2. The Morgan fingerprint density at radius 3 is 2.63 bits per heavy atom. The van der Waals surface area contributed by atoms with Crippen LogP contribution in [0.5, 0.6) is 0 Å². The van der Waals surface area contributed by atoms with Crippen LogP contribution in [-0.2, 0) is 14.8 Å². The van der Waals surface area contributed by atoms with Crippen molar-refractivity contribution in [1.29, 1.82) is 0 Å². The molecule has 2 rings (SSSR count). The summed E-state index contributed by atoms with van der Waals surface area (Å²) in [6.07, 6.45) is 0.581. The van der Waals surface area contributed by atoms with Crippen LogP contribution in [0, 0.1) is 6.92 Å². The maximum atomic E-state index is 11.9. The second-order valence-electron chi connectivity index (χ2n) is 4.36. The van der Waals surface area contributed by atoms with Gasteiger partial charge in [0.1, 0.15) is 0 Å². The average molecular weight is 304 g/mol. The first-order valence-electron chi connectivity index (χ1n) is 5.75. The molecule has 1 heterocycles. The maximum Gasteiger partial charge on any atom is 0.339 e. The Morgan fingerprint density at radius 2 is 2.11 bits per heavy atom. The van der Waals surface area contributed by atoms with Gasteiger partial charge in [0.05, 0.1) is 29.1 Å². The van der Waals surface area contributed by atoms with Gasteiger partial charge in [0, 0.05) is 6.54 Å². The predicted octanol–water partition coefficient (Wildman–Crippen LogP) is 1.97. The van der Waals surface area contributed by atoms with Crippen LogP contribution in [0.15, 0.2) is 12.1 Å². The minimum atomic E-state index is -3.28. The van der Waals surface area contributed by atoms with E-state index in [4.69, 9.17) is 11.6 Å². The van der Waals surface area contributed by atoms with Crippen LogP contribution in [-0.4, -0.2) is 33.8 Å². The van der Waals surface area contributed by atoms with Crippen molar-refractivity contribution in [3.63, 3.8) is 0 Å². The molecule has 0 aromatic heterocycles. The summed E-state index contributed by atoms with van der Waals surface area (Å²) in [6, 6.07) is 3.13. The second-order valence-corrected chi connectivity index (χ2v) is 6.75. The third-order valence-electron chi connectivity index (χ3n) is 3.03. The molecule has 104 valence electrons. The molecule has 7 heteroatoms. The number of halogens is 1. The van der Waals surface area contributed by atoms with Crippen molar-refractivity contribution in [1.82, 2.24) is 0 Å². The number of sulfonamides is 1. The molecule has 5 nitrogen and oxygen atoms in total. The lowest BCUT2D eigenvalue weighted by Crippen LogP contribution is -2.25. The SMILES string of the molecule is COC(=O)c1cc(N2CCCS2(=O)=O)cc(C)c1Cl. The Labute approximate surface area is 117 Å². The Kier molecular flexibility index (Phi) is 3.73. The fourth-order valence-corrected chi connectivity index (χ4v) is 3.82. The molecule has 0 aliphatic carbocycles. The van der Waals surface area contributed by atoms with Crippen molar-refractivity contribution in [2.45, 2.75) is 13.3 Å². The monoisotopic (exact) mass is 303 g/mol. The standard InChI is InChI=1S/C12H14ClNO4S/c1-8-6-9(14-4-3-5-19(14,16)17)7-10(11(8)13)12(15)18-2/h6-7H,3-5H2,1-2H3. The first-order valence-corrected chi connectivity index (χ1v) is 7.74. The molecule has 0 N–H and O–H groups in total. The van der Waals surface area contributed by atoms with Crippen LogP contribution >= 0.6 is 11.6 Å². The van der Waals surface area contributed by atoms with Crippen LogP contribution in [0.1, 0.15) is 22.3 Å². The number of benzene rings is 1. The van der Waals surface area contributed by atoms with Gasteiger partial charge in [-0.1, -0.05) is 11.6 Å². The van der Waals surface area contributed by atoms with E-state index in [2.05, 4.69) is 4.74 Å². The van der Waals surface area contributed by atoms with Gasteiger partial charge in [-0.25, -0.2) is 13.2 Å². The highest BCUT2D eigenvalue weighted by Gasteiger charge is 2.29. The fourth-order valence-electron chi connectivity index (χ4n) is 2.08. The van der Waals surface area contributed by atoms with Gasteiger partial charge >= 0.3 is 5.97 Å². The summed E-state index contributed by atoms with van der Waals surface area (Å²) in [5.41, 5.74) is 1.28. The summed E-state index contributed by atoms with van der Waals surface area (Å²) in [5, 5.41) is 0.284. The van der Waals surface area contributed by atoms with E-state index in [-0.39, 0.29) is 16.3 Å². The van der Waals surface area contributed by atoms with Gasteiger partial charge in [0.25, 0.3) is 0 Å².